The Bertz CT molecular complexity index is 1250. The van der Waals surface area contributed by atoms with Gasteiger partial charge in [-0.05, 0) is 91.9 Å². The molecule has 0 fully saturated rings. The van der Waals surface area contributed by atoms with Crippen molar-refractivity contribution < 1.29 is 13.5 Å². The average Bonchev–Trinajstić information content (AvgIpc) is 2.73. The minimum atomic E-state index is -3.81. The second-order valence-electron chi connectivity index (χ2n) is 8.13. The average molecular weight is 580 g/mol. The Morgan fingerprint density at radius 3 is 2.38 bits per heavy atom. The lowest BCUT2D eigenvalue weighted by Crippen LogP contribution is -2.31. The molecule has 8 heteroatoms. The number of aryl methyl sites for hydroxylation is 1. The molecule has 1 atom stereocenters. The van der Waals surface area contributed by atoms with Crippen LogP contribution in [0, 0.1) is 13.8 Å². The van der Waals surface area contributed by atoms with Gasteiger partial charge in [-0.15, -0.1) is 0 Å². The van der Waals surface area contributed by atoms with Crippen molar-refractivity contribution in [3.05, 3.63) is 85.3 Å². The summed E-state index contributed by atoms with van der Waals surface area (Å²) in [5, 5.41) is 14.1. The molecular formula is C24H24Br2N2O3S. The quantitative estimate of drug-likeness (QED) is 0.336. The van der Waals surface area contributed by atoms with Crippen molar-refractivity contribution in [2.75, 3.05) is 11.3 Å². The number of fused-ring (bicyclic) bond motifs is 1. The highest BCUT2D eigenvalue weighted by molar-refractivity contribution is 9.11. The maximum Gasteiger partial charge on any atom is 0.262 e. The first-order chi connectivity index (χ1) is 15.1. The second kappa shape index (κ2) is 9.17. The van der Waals surface area contributed by atoms with Gasteiger partial charge >= 0.3 is 0 Å². The zero-order chi connectivity index (χ0) is 23.0. The highest BCUT2D eigenvalue weighted by Gasteiger charge is 2.24. The third-order valence-corrected chi connectivity index (χ3v) is 8.80. The fraction of sp³-hybridized carbons (Fsp3) is 0.250. The normalized spacial score (nSPS) is 15.9. The summed E-state index contributed by atoms with van der Waals surface area (Å²) in [5.74, 6) is -0.0686. The van der Waals surface area contributed by atoms with Crippen molar-refractivity contribution in [3.8, 4) is 5.75 Å². The number of anilines is 1. The van der Waals surface area contributed by atoms with Gasteiger partial charge in [0, 0.05) is 15.0 Å². The molecule has 3 N–H and O–H groups in total. The van der Waals surface area contributed by atoms with E-state index in [0.29, 0.717) is 0 Å². The van der Waals surface area contributed by atoms with Gasteiger partial charge in [-0.1, -0.05) is 49.6 Å². The smallest absolute Gasteiger partial charge is 0.262 e. The molecule has 4 rings (SSSR count). The fourth-order valence-corrected chi connectivity index (χ4v) is 6.26. The molecule has 0 radical (unpaired) electrons. The van der Waals surface area contributed by atoms with Gasteiger partial charge in [0.2, 0.25) is 0 Å². The summed E-state index contributed by atoms with van der Waals surface area (Å²) in [5.41, 5.74) is 5.46. The fourth-order valence-electron chi connectivity index (χ4n) is 3.92. The number of hydrogen-bond donors (Lipinski definition) is 3. The molecule has 1 heterocycles. The first-order valence-electron chi connectivity index (χ1n) is 10.3. The molecule has 1 aliphatic heterocycles. The Morgan fingerprint density at radius 1 is 1.06 bits per heavy atom. The molecule has 0 aliphatic carbocycles. The van der Waals surface area contributed by atoms with E-state index in [0.717, 1.165) is 56.1 Å². The summed E-state index contributed by atoms with van der Waals surface area (Å²) in [4.78, 5) is 0.157. The number of aromatic hydroxyl groups is 1. The summed E-state index contributed by atoms with van der Waals surface area (Å²) in [7, 11) is -3.81. The summed E-state index contributed by atoms with van der Waals surface area (Å²) in [6.07, 6.45) is 1.51. The molecule has 0 spiro atoms. The van der Waals surface area contributed by atoms with Crippen LogP contribution < -0.4 is 10.0 Å². The van der Waals surface area contributed by atoms with Gasteiger partial charge in [-0.2, -0.15) is 0 Å². The van der Waals surface area contributed by atoms with Crippen LogP contribution in [0.2, 0.25) is 0 Å². The van der Waals surface area contributed by atoms with Crippen LogP contribution in [0.15, 0.2) is 62.4 Å². The van der Waals surface area contributed by atoms with E-state index >= 15 is 0 Å². The third kappa shape index (κ3) is 4.88. The Balaban J connectivity index is 1.66. The highest BCUT2D eigenvalue weighted by atomic mass is 79.9. The van der Waals surface area contributed by atoms with Crippen molar-refractivity contribution in [1.82, 2.24) is 5.32 Å². The Labute approximate surface area is 205 Å². The molecule has 0 bridgehead atoms. The first-order valence-corrected chi connectivity index (χ1v) is 13.3. The van der Waals surface area contributed by atoms with Gasteiger partial charge in [-0.25, -0.2) is 8.42 Å². The number of benzene rings is 3. The van der Waals surface area contributed by atoms with Gasteiger partial charge in [0.1, 0.15) is 5.75 Å². The third-order valence-electron chi connectivity index (χ3n) is 5.77. The largest absolute Gasteiger partial charge is 0.506 e. The van der Waals surface area contributed by atoms with Crippen molar-refractivity contribution in [1.29, 1.82) is 0 Å². The molecule has 3 aromatic carbocycles. The van der Waals surface area contributed by atoms with E-state index < -0.39 is 10.0 Å². The van der Waals surface area contributed by atoms with Crippen molar-refractivity contribution in [2.45, 2.75) is 37.6 Å². The summed E-state index contributed by atoms with van der Waals surface area (Å²) in [6, 6.07) is 14.3. The first kappa shape index (κ1) is 23.3. The molecular weight excluding hydrogens is 556 g/mol. The number of phenolic OH excluding ortho intramolecular Hbond substituents is 1. The SMILES string of the molecule is Cc1ccc(S(=O)(=O)Nc2cc3c(cc2O)CCNC3Cc2cc(Br)c(C)c(Br)c2)cc1. The van der Waals surface area contributed by atoms with Gasteiger partial charge in [0.05, 0.1) is 10.6 Å². The zero-order valence-electron chi connectivity index (χ0n) is 17.7. The van der Waals surface area contributed by atoms with Crippen LogP contribution in [-0.2, 0) is 22.9 Å². The lowest BCUT2D eigenvalue weighted by atomic mass is 9.89. The van der Waals surface area contributed by atoms with Crippen LogP contribution in [-0.4, -0.2) is 20.1 Å². The summed E-state index contributed by atoms with van der Waals surface area (Å²) >= 11 is 7.23. The topological polar surface area (TPSA) is 78.4 Å². The lowest BCUT2D eigenvalue weighted by Gasteiger charge is -2.28. The van der Waals surface area contributed by atoms with Crippen LogP contribution in [0.3, 0.4) is 0 Å². The van der Waals surface area contributed by atoms with Crippen molar-refractivity contribution in [2.24, 2.45) is 0 Å². The molecule has 0 saturated heterocycles. The van der Waals surface area contributed by atoms with Crippen LogP contribution in [0.25, 0.3) is 0 Å². The van der Waals surface area contributed by atoms with E-state index in [2.05, 4.69) is 54.0 Å². The molecule has 168 valence electrons. The maximum atomic E-state index is 12.9. The number of halogens is 2. The zero-order valence-corrected chi connectivity index (χ0v) is 21.7. The summed E-state index contributed by atoms with van der Waals surface area (Å²) < 4.78 is 30.4. The highest BCUT2D eigenvalue weighted by Crippen LogP contribution is 2.36. The minimum Gasteiger partial charge on any atom is -0.506 e. The predicted molar refractivity (Wildman–Crippen MR) is 135 cm³/mol. The Kier molecular flexibility index (Phi) is 6.68. The molecule has 0 amide bonds. The lowest BCUT2D eigenvalue weighted by molar-refractivity contribution is 0.469. The van der Waals surface area contributed by atoms with Crippen LogP contribution in [0.1, 0.15) is 33.9 Å². The van der Waals surface area contributed by atoms with E-state index in [9.17, 15) is 13.5 Å². The Hall–Kier alpha value is -1.87. The van der Waals surface area contributed by atoms with Gasteiger partial charge in [0.15, 0.2) is 0 Å². The van der Waals surface area contributed by atoms with E-state index in [1.165, 1.54) is 0 Å². The molecule has 1 aliphatic rings. The molecule has 32 heavy (non-hydrogen) atoms. The molecule has 0 aromatic heterocycles. The molecule has 0 saturated carbocycles. The Morgan fingerprint density at radius 2 is 1.72 bits per heavy atom. The molecule has 3 aromatic rings. The number of nitrogens with one attached hydrogen (secondary N) is 2. The van der Waals surface area contributed by atoms with E-state index in [-0.39, 0.29) is 22.4 Å². The molecule has 5 nitrogen and oxygen atoms in total. The number of hydrogen-bond acceptors (Lipinski definition) is 4. The predicted octanol–water partition coefficient (Wildman–Crippen LogP) is 5.76. The van der Waals surface area contributed by atoms with Crippen LogP contribution in [0.4, 0.5) is 5.69 Å². The standard InChI is InChI=1S/C24H24Br2N2O3S/c1-14-3-5-18(6-4-14)32(30,31)28-23-13-19-17(12-24(23)29)7-8-27-22(19)11-16-9-20(25)15(2)21(26)10-16/h3-6,9-10,12-13,22,27-29H,7-8,11H2,1-2H3. The van der Waals surface area contributed by atoms with Crippen molar-refractivity contribution >= 4 is 47.6 Å². The van der Waals surface area contributed by atoms with Gasteiger partial charge in [0.25, 0.3) is 10.0 Å². The monoisotopic (exact) mass is 578 g/mol. The molecule has 1 unspecified atom stereocenters. The van der Waals surface area contributed by atoms with E-state index in [1.807, 2.05) is 13.8 Å². The van der Waals surface area contributed by atoms with E-state index in [1.54, 1.807) is 36.4 Å². The van der Waals surface area contributed by atoms with Gasteiger partial charge in [-0.3, -0.25) is 4.72 Å². The van der Waals surface area contributed by atoms with E-state index in [4.69, 9.17) is 0 Å². The van der Waals surface area contributed by atoms with Crippen molar-refractivity contribution in [3.63, 3.8) is 0 Å². The number of phenols is 1. The second-order valence-corrected chi connectivity index (χ2v) is 11.5. The number of rotatable bonds is 5. The maximum absolute atomic E-state index is 12.9. The number of sulfonamides is 1. The van der Waals surface area contributed by atoms with Crippen LogP contribution in [0.5, 0.6) is 5.75 Å². The minimum absolute atomic E-state index is 0.00323. The van der Waals surface area contributed by atoms with Crippen LogP contribution >= 0.6 is 31.9 Å². The summed E-state index contributed by atoms with van der Waals surface area (Å²) in [6.45, 7) is 4.73. The van der Waals surface area contributed by atoms with Gasteiger partial charge < -0.3 is 10.4 Å².